The molecule has 5 fully saturated rings. The van der Waals surface area contributed by atoms with E-state index in [1.165, 1.54) is 29.3 Å². The maximum Gasteiger partial charge on any atom is 0.319 e. The van der Waals surface area contributed by atoms with Crippen molar-refractivity contribution in [1.29, 1.82) is 0 Å². The van der Waals surface area contributed by atoms with Crippen molar-refractivity contribution >= 4 is 50.6 Å². The van der Waals surface area contributed by atoms with Gasteiger partial charge in [-0.05, 0) is 104 Å². The Kier molecular flexibility index (Phi) is 16.9. The van der Waals surface area contributed by atoms with Crippen molar-refractivity contribution in [3.8, 4) is 33.5 Å². The first-order chi connectivity index (χ1) is 41.3. The first-order valence-electron chi connectivity index (χ1n) is 30.4. The first kappa shape index (κ1) is 59.5. The molecule has 1 aliphatic carbocycles. The van der Waals surface area contributed by atoms with Gasteiger partial charge >= 0.3 is 6.01 Å². The molecule has 0 bridgehead atoms. The van der Waals surface area contributed by atoms with E-state index in [1.807, 2.05) is 75.5 Å². The van der Waals surface area contributed by atoms with Crippen LogP contribution in [0.4, 0.5) is 14.6 Å². The summed E-state index contributed by atoms with van der Waals surface area (Å²) < 4.78 is 40.6. The fourth-order valence-electron chi connectivity index (χ4n) is 13.4. The lowest BCUT2D eigenvalue weighted by atomic mass is 9.94. The Hall–Kier alpha value is -6.86. The number of hydrogen-bond acceptors (Lipinski definition) is 18. The highest BCUT2D eigenvalue weighted by atomic mass is 32.1. The van der Waals surface area contributed by atoms with Gasteiger partial charge in [-0.25, -0.2) is 18.4 Å². The molecule has 20 nitrogen and oxygen atoms in total. The number of fused-ring (bicyclic) bond motifs is 2. The van der Waals surface area contributed by atoms with Crippen molar-refractivity contribution in [3.05, 3.63) is 101 Å². The summed E-state index contributed by atoms with van der Waals surface area (Å²) in [4.78, 5) is 56.5. The molecule has 3 aromatic carbocycles. The van der Waals surface area contributed by atoms with Gasteiger partial charge in [0.1, 0.15) is 46.4 Å². The van der Waals surface area contributed by atoms with E-state index in [0.717, 1.165) is 80.4 Å². The highest BCUT2D eigenvalue weighted by molar-refractivity contribution is 7.13. The summed E-state index contributed by atoms with van der Waals surface area (Å²) in [6.45, 7) is 19.2. The number of phenolic OH excluding ortho intramolecular Hbond substituents is 1. The Balaban J connectivity index is 0.662. The fourth-order valence-corrected chi connectivity index (χ4v) is 14.2. The maximum atomic E-state index is 17.2. The second kappa shape index (κ2) is 24.4. The molecule has 6 N–H and O–H groups in total. The van der Waals surface area contributed by atoms with E-state index in [9.17, 15) is 24.9 Å². The molecule has 86 heavy (non-hydrogen) atoms. The quantitative estimate of drug-likeness (QED) is 0.0514. The lowest BCUT2D eigenvalue weighted by molar-refractivity contribution is -0.142. The number of aromatic nitrogens is 7. The van der Waals surface area contributed by atoms with E-state index < -0.39 is 35.4 Å². The average Bonchev–Trinajstić information content (AvgIpc) is 1.38. The zero-order valence-corrected chi connectivity index (χ0v) is 50.6. The number of phenols is 1. The number of β-amino-alcohol motifs (C(OH)–C–C–N with tert-alkyl or cyclic N) is 2. The van der Waals surface area contributed by atoms with Crippen molar-refractivity contribution in [2.24, 2.45) is 11.3 Å². The summed E-state index contributed by atoms with van der Waals surface area (Å²) >= 11 is 1.59. The number of carbonyl (C=O) groups excluding carboxylic acids is 2. The zero-order valence-electron chi connectivity index (χ0n) is 49.8. The second-order valence-corrected chi connectivity index (χ2v) is 26.1. The molecular formula is C63H78F2N14O6S. The molecular weight excluding hydrogens is 1120 g/mol. The number of nitrogens with one attached hydrogen (secondary N) is 3. The molecule has 12 rings (SSSR count). The van der Waals surface area contributed by atoms with Gasteiger partial charge in [-0.2, -0.15) is 9.97 Å². The van der Waals surface area contributed by atoms with Crippen molar-refractivity contribution in [2.45, 2.75) is 122 Å². The Morgan fingerprint density at radius 1 is 0.977 bits per heavy atom. The first-order valence-corrected chi connectivity index (χ1v) is 31.2. The van der Waals surface area contributed by atoms with Crippen molar-refractivity contribution in [3.63, 3.8) is 0 Å². The summed E-state index contributed by atoms with van der Waals surface area (Å²) in [5, 5.41) is 53.8. The molecule has 456 valence electrons. The highest BCUT2D eigenvalue weighted by Gasteiger charge is 2.46. The number of amides is 2. The SMILES string of the molecule is CCc1c(F)ccc2cc(O)cc(-c3ncc4c(N5CCC[C@@](C)(O)C5)nc(OCC5(CN6CCN(CC7CNCC(c8cn([C@H](C(=O)N9C[C@H](O)C[C@H]9C(=O)N[C@@H](C)c9ccc(-c%10scnc%10C)cc9)C(C)C)nn8)N7)CC6)CC5)nc4c3F)c12. The van der Waals surface area contributed by atoms with E-state index >= 15 is 8.78 Å². The van der Waals surface area contributed by atoms with Gasteiger partial charge in [0.2, 0.25) is 11.8 Å². The van der Waals surface area contributed by atoms with Crippen LogP contribution in [-0.4, -0.2) is 179 Å². The van der Waals surface area contributed by atoms with Crippen LogP contribution in [0.3, 0.4) is 0 Å². The Morgan fingerprint density at radius 2 is 1.76 bits per heavy atom. The molecule has 7 aromatic rings. The van der Waals surface area contributed by atoms with Gasteiger partial charge in [-0.1, -0.05) is 56.3 Å². The van der Waals surface area contributed by atoms with Crippen molar-refractivity contribution in [1.82, 2.24) is 65.6 Å². The zero-order chi connectivity index (χ0) is 60.2. The topological polar surface area (TPSA) is 235 Å². The molecule has 2 amide bonds. The molecule has 0 spiro atoms. The molecule has 7 atom stereocenters. The average molecular weight is 1200 g/mol. The molecule has 23 heteroatoms. The Labute approximate surface area is 503 Å². The summed E-state index contributed by atoms with van der Waals surface area (Å²) in [7, 11) is 0. The van der Waals surface area contributed by atoms with Crippen LogP contribution in [0, 0.1) is 29.9 Å². The standard InChI is InChI=1S/C63H78F2N14O6S/c1-7-45-48(64)14-13-41-23-43(80)24-46(52(41)45)54-53(65)55-47(27-67-54)58(77-18-8-15-62(6,84)32-77)72-61(71-55)85-34-63(16-17-63)33-76-21-19-75(20-22-76)29-42-26-66-28-49(70-42)50-31-79(74-73-50)56(36(2)3)60(83)78-30-44(81)25-51(78)59(82)69-37(4)39-9-11-40(12-10-39)57-38(5)68-35-86-57/h9-14,23-24,27,31,35-37,42,44,49,51,56,66,70,80-81,84H,7-8,15-22,25-26,28-30,32-34H2,1-6H3,(H,69,82)/t37-,42?,44+,49?,51-,56-,62+/m0/s1. The Morgan fingerprint density at radius 3 is 2.48 bits per heavy atom. The van der Waals surface area contributed by atoms with Gasteiger partial charge in [0, 0.05) is 102 Å². The fraction of sp³-hybridized carbons (Fsp3) is 0.524. The summed E-state index contributed by atoms with van der Waals surface area (Å²) in [5.74, 6) is -1.64. The number of hydrogen-bond donors (Lipinski definition) is 6. The molecule has 8 heterocycles. The highest BCUT2D eigenvalue weighted by Crippen LogP contribution is 2.47. The number of pyridine rings is 1. The van der Waals surface area contributed by atoms with Gasteiger partial charge in [0.05, 0.1) is 58.1 Å². The third kappa shape index (κ3) is 12.4. The van der Waals surface area contributed by atoms with Crippen LogP contribution >= 0.6 is 11.3 Å². The number of carbonyl (C=O) groups is 2. The number of benzene rings is 3. The number of piperidine rings is 1. The van der Waals surface area contributed by atoms with Crippen molar-refractivity contribution < 1.29 is 38.4 Å². The predicted molar refractivity (Wildman–Crippen MR) is 325 cm³/mol. The molecule has 5 aliphatic rings. The number of aromatic hydroxyl groups is 1. The molecule has 2 unspecified atom stereocenters. The molecule has 0 radical (unpaired) electrons. The number of rotatable bonds is 18. The van der Waals surface area contributed by atoms with Gasteiger partial charge in [-0.3, -0.25) is 19.5 Å². The van der Waals surface area contributed by atoms with Crippen LogP contribution in [-0.2, 0) is 16.0 Å². The number of thiazole rings is 1. The minimum Gasteiger partial charge on any atom is -0.508 e. The van der Waals surface area contributed by atoms with Crippen LogP contribution in [0.25, 0.3) is 43.4 Å². The molecule has 1 saturated carbocycles. The van der Waals surface area contributed by atoms with Crippen LogP contribution < -0.4 is 25.6 Å². The minimum atomic E-state index is -0.989. The van der Waals surface area contributed by atoms with E-state index in [2.05, 4.69) is 46.0 Å². The van der Waals surface area contributed by atoms with Crippen LogP contribution in [0.15, 0.2) is 66.4 Å². The van der Waals surface area contributed by atoms with Crippen LogP contribution in [0.2, 0.25) is 0 Å². The third-order valence-corrected chi connectivity index (χ3v) is 19.2. The number of piperazine rings is 2. The van der Waals surface area contributed by atoms with E-state index in [4.69, 9.17) is 14.7 Å². The van der Waals surface area contributed by atoms with Crippen LogP contribution in [0.1, 0.15) is 107 Å². The van der Waals surface area contributed by atoms with E-state index in [1.54, 1.807) is 29.0 Å². The smallest absolute Gasteiger partial charge is 0.319 e. The van der Waals surface area contributed by atoms with Crippen molar-refractivity contribution in [2.75, 3.05) is 83.5 Å². The van der Waals surface area contributed by atoms with E-state index in [-0.39, 0.29) is 89.3 Å². The minimum absolute atomic E-state index is 0.0107. The normalized spacial score (nSPS) is 23.5. The number of aliphatic hydroxyl groups is 2. The second-order valence-electron chi connectivity index (χ2n) is 25.3. The number of halogens is 2. The maximum absolute atomic E-state index is 17.2. The predicted octanol–water partition coefficient (Wildman–Crippen LogP) is 6.88. The van der Waals surface area contributed by atoms with E-state index in [0.29, 0.717) is 72.2 Å². The number of likely N-dealkylation sites (tertiary alicyclic amines) is 1. The Bertz CT molecular complexity index is 3630. The lowest BCUT2D eigenvalue weighted by Crippen LogP contribution is -2.57. The lowest BCUT2D eigenvalue weighted by Gasteiger charge is -2.40. The third-order valence-electron chi connectivity index (χ3n) is 18.2. The summed E-state index contributed by atoms with van der Waals surface area (Å²) in [6, 6.07) is 12.0. The number of ether oxygens (including phenoxy) is 1. The largest absolute Gasteiger partial charge is 0.508 e. The molecule has 4 aliphatic heterocycles. The number of aryl methyl sites for hydroxylation is 2. The number of aliphatic hydroxyl groups excluding tert-OH is 1. The molecule has 4 aromatic heterocycles. The van der Waals surface area contributed by atoms with Crippen LogP contribution in [0.5, 0.6) is 11.8 Å². The molecule has 4 saturated heterocycles. The summed E-state index contributed by atoms with van der Waals surface area (Å²) in [6.07, 6.45) is 6.25. The summed E-state index contributed by atoms with van der Waals surface area (Å²) in [5.41, 5.74) is 4.95. The number of anilines is 1. The van der Waals surface area contributed by atoms with Gasteiger partial charge in [0.15, 0.2) is 5.82 Å². The van der Waals surface area contributed by atoms with Gasteiger partial charge < -0.3 is 50.7 Å². The number of nitrogens with zero attached hydrogens (tertiary/aromatic N) is 11. The van der Waals surface area contributed by atoms with Gasteiger partial charge in [-0.15, -0.1) is 16.4 Å². The van der Waals surface area contributed by atoms with Gasteiger partial charge in [0.25, 0.3) is 0 Å². The monoisotopic (exact) mass is 1200 g/mol.